The van der Waals surface area contributed by atoms with Gasteiger partial charge in [0, 0.05) is 5.56 Å². The quantitative estimate of drug-likeness (QED) is 0.543. The Morgan fingerprint density at radius 2 is 1.56 bits per heavy atom. The Hall–Kier alpha value is -1.01. The van der Waals surface area contributed by atoms with Crippen molar-refractivity contribution in [3.8, 4) is 0 Å². The van der Waals surface area contributed by atoms with E-state index in [0.717, 1.165) is 5.56 Å². The lowest BCUT2D eigenvalue weighted by Gasteiger charge is -2.08. The number of ether oxygens (including phenoxy) is 3. The molecule has 0 aromatic heterocycles. The highest BCUT2D eigenvalue weighted by atomic mass is 32.1. The van der Waals surface area contributed by atoms with Crippen molar-refractivity contribution in [3.63, 3.8) is 0 Å². The van der Waals surface area contributed by atoms with E-state index in [1.165, 1.54) is 0 Å². The third kappa shape index (κ3) is 6.66. The monoisotopic (exact) mass is 270 g/mol. The molecule has 1 rings (SSSR count). The molecule has 0 atom stereocenters. The van der Waals surface area contributed by atoms with Gasteiger partial charge in [0.05, 0.1) is 33.0 Å². The van der Waals surface area contributed by atoms with Gasteiger partial charge in [-0.1, -0.05) is 30.3 Å². The van der Waals surface area contributed by atoms with Gasteiger partial charge in [-0.05, 0) is 12.2 Å². The molecule has 5 heteroatoms. The number of aliphatic hydroxyl groups is 1. The minimum Gasteiger partial charge on any atom is -0.480 e. The SMILES string of the molecule is OCCOCCOCCOC(=S)c1ccccc1. The zero-order valence-corrected chi connectivity index (χ0v) is 11.0. The van der Waals surface area contributed by atoms with Crippen LogP contribution in [-0.4, -0.2) is 49.8 Å². The van der Waals surface area contributed by atoms with Crippen LogP contribution in [0.1, 0.15) is 5.56 Å². The van der Waals surface area contributed by atoms with Crippen molar-refractivity contribution in [3.05, 3.63) is 35.9 Å². The van der Waals surface area contributed by atoms with Crippen molar-refractivity contribution in [2.45, 2.75) is 0 Å². The lowest BCUT2D eigenvalue weighted by Crippen LogP contribution is -2.13. The molecule has 0 spiro atoms. The molecule has 1 N–H and O–H groups in total. The number of benzene rings is 1. The second kappa shape index (κ2) is 9.96. The van der Waals surface area contributed by atoms with E-state index in [1.807, 2.05) is 30.3 Å². The molecule has 0 heterocycles. The molecule has 0 aliphatic carbocycles. The second-order valence-electron chi connectivity index (χ2n) is 3.45. The van der Waals surface area contributed by atoms with Crippen molar-refractivity contribution >= 4 is 17.3 Å². The van der Waals surface area contributed by atoms with Gasteiger partial charge in [0.25, 0.3) is 0 Å². The molecule has 0 unspecified atom stereocenters. The first kappa shape index (κ1) is 15.0. The Morgan fingerprint density at radius 1 is 0.944 bits per heavy atom. The average molecular weight is 270 g/mol. The number of aliphatic hydroxyl groups excluding tert-OH is 1. The summed E-state index contributed by atoms with van der Waals surface area (Å²) in [6.07, 6.45) is 0. The Kier molecular flexibility index (Phi) is 8.33. The number of thiocarbonyl (C=S) groups is 1. The maximum atomic E-state index is 8.48. The summed E-state index contributed by atoms with van der Waals surface area (Å²) < 4.78 is 15.7. The Bertz CT molecular complexity index is 329. The highest BCUT2D eigenvalue weighted by Gasteiger charge is 2.00. The van der Waals surface area contributed by atoms with Crippen LogP contribution in [0.4, 0.5) is 0 Å². The summed E-state index contributed by atoms with van der Waals surface area (Å²) in [5, 5.41) is 8.96. The zero-order chi connectivity index (χ0) is 13.1. The summed E-state index contributed by atoms with van der Waals surface area (Å²) in [5.41, 5.74) is 0.902. The molecular weight excluding hydrogens is 252 g/mol. The first-order chi connectivity index (χ1) is 8.84. The molecular formula is C13H18O4S. The van der Waals surface area contributed by atoms with Crippen LogP contribution >= 0.6 is 12.2 Å². The van der Waals surface area contributed by atoms with E-state index in [1.54, 1.807) is 0 Å². The third-order valence-corrected chi connectivity index (χ3v) is 2.43. The number of hydrogen-bond donors (Lipinski definition) is 1. The molecule has 0 aliphatic heterocycles. The van der Waals surface area contributed by atoms with Gasteiger partial charge in [-0.3, -0.25) is 0 Å². The van der Waals surface area contributed by atoms with Crippen LogP contribution in [0.25, 0.3) is 0 Å². The van der Waals surface area contributed by atoms with Crippen molar-refractivity contribution in [2.24, 2.45) is 0 Å². The lowest BCUT2D eigenvalue weighted by atomic mass is 10.2. The summed E-state index contributed by atoms with van der Waals surface area (Å²) >= 11 is 5.13. The Balaban J connectivity index is 2.00. The minimum absolute atomic E-state index is 0.0362. The first-order valence-electron chi connectivity index (χ1n) is 5.83. The van der Waals surface area contributed by atoms with E-state index in [0.29, 0.717) is 38.1 Å². The summed E-state index contributed by atoms with van der Waals surface area (Å²) in [6, 6.07) is 9.58. The Labute approximate surface area is 112 Å². The van der Waals surface area contributed by atoms with E-state index < -0.39 is 0 Å². The molecule has 1 aromatic carbocycles. The maximum Gasteiger partial charge on any atom is 0.191 e. The zero-order valence-electron chi connectivity index (χ0n) is 10.2. The highest BCUT2D eigenvalue weighted by molar-refractivity contribution is 7.80. The molecule has 0 amide bonds. The second-order valence-corrected chi connectivity index (χ2v) is 3.82. The predicted molar refractivity (Wildman–Crippen MR) is 72.8 cm³/mol. The number of rotatable bonds is 9. The molecule has 0 saturated heterocycles. The fraction of sp³-hybridized carbons (Fsp3) is 0.462. The van der Waals surface area contributed by atoms with E-state index >= 15 is 0 Å². The van der Waals surface area contributed by atoms with Crippen LogP contribution < -0.4 is 0 Å². The van der Waals surface area contributed by atoms with Crippen molar-refractivity contribution < 1.29 is 19.3 Å². The van der Waals surface area contributed by atoms with Crippen LogP contribution in [0.2, 0.25) is 0 Å². The topological polar surface area (TPSA) is 47.9 Å². The van der Waals surface area contributed by atoms with Crippen molar-refractivity contribution in [1.82, 2.24) is 0 Å². The van der Waals surface area contributed by atoms with Crippen LogP contribution in [0.15, 0.2) is 30.3 Å². The molecule has 18 heavy (non-hydrogen) atoms. The summed E-state index contributed by atoms with van der Waals surface area (Å²) in [6.45, 7) is 2.24. The van der Waals surface area contributed by atoms with E-state index in [4.69, 9.17) is 31.5 Å². The normalized spacial score (nSPS) is 10.3. The smallest absolute Gasteiger partial charge is 0.191 e. The van der Waals surface area contributed by atoms with Gasteiger partial charge in [0.15, 0.2) is 5.05 Å². The van der Waals surface area contributed by atoms with Gasteiger partial charge >= 0.3 is 0 Å². The summed E-state index contributed by atoms with van der Waals surface area (Å²) in [4.78, 5) is 0. The summed E-state index contributed by atoms with van der Waals surface area (Å²) in [7, 11) is 0. The molecule has 0 saturated carbocycles. The fourth-order valence-corrected chi connectivity index (χ4v) is 1.46. The molecule has 0 fully saturated rings. The predicted octanol–water partition coefficient (Wildman–Crippen LogP) is 1.40. The van der Waals surface area contributed by atoms with Crippen molar-refractivity contribution in [2.75, 3.05) is 39.6 Å². The van der Waals surface area contributed by atoms with Gasteiger partial charge in [0.2, 0.25) is 0 Å². The van der Waals surface area contributed by atoms with E-state index in [-0.39, 0.29) is 6.61 Å². The molecule has 100 valence electrons. The van der Waals surface area contributed by atoms with E-state index in [9.17, 15) is 0 Å². The van der Waals surface area contributed by atoms with Gasteiger partial charge in [0.1, 0.15) is 6.61 Å². The molecule has 1 aromatic rings. The third-order valence-electron chi connectivity index (χ3n) is 2.08. The van der Waals surface area contributed by atoms with E-state index in [2.05, 4.69) is 0 Å². The van der Waals surface area contributed by atoms with Gasteiger partial charge in [-0.25, -0.2) is 0 Å². The lowest BCUT2D eigenvalue weighted by molar-refractivity contribution is 0.0240. The fourth-order valence-electron chi connectivity index (χ4n) is 1.24. The summed E-state index contributed by atoms with van der Waals surface area (Å²) in [5.74, 6) is 0. The van der Waals surface area contributed by atoms with Crippen molar-refractivity contribution in [1.29, 1.82) is 0 Å². The average Bonchev–Trinajstić information content (AvgIpc) is 2.42. The van der Waals surface area contributed by atoms with Crippen LogP contribution in [-0.2, 0) is 14.2 Å². The minimum atomic E-state index is 0.0362. The van der Waals surface area contributed by atoms with Crippen LogP contribution in [0.3, 0.4) is 0 Å². The highest BCUT2D eigenvalue weighted by Crippen LogP contribution is 2.02. The molecule has 0 radical (unpaired) electrons. The number of hydrogen-bond acceptors (Lipinski definition) is 5. The van der Waals surface area contributed by atoms with Crippen LogP contribution in [0.5, 0.6) is 0 Å². The standard InChI is InChI=1S/C13H18O4S/c14-6-7-15-8-9-16-10-11-17-13(18)12-4-2-1-3-5-12/h1-5,14H,6-11H2. The molecule has 4 nitrogen and oxygen atoms in total. The van der Waals surface area contributed by atoms with Gasteiger partial charge in [-0.2, -0.15) is 0 Å². The molecule has 0 aliphatic rings. The van der Waals surface area contributed by atoms with Gasteiger partial charge < -0.3 is 19.3 Å². The molecule has 0 bridgehead atoms. The largest absolute Gasteiger partial charge is 0.480 e. The maximum absolute atomic E-state index is 8.48. The van der Waals surface area contributed by atoms with Crippen LogP contribution in [0, 0.1) is 0 Å². The van der Waals surface area contributed by atoms with Gasteiger partial charge in [-0.15, -0.1) is 0 Å². The first-order valence-corrected chi connectivity index (χ1v) is 6.24. The Morgan fingerprint density at radius 3 is 2.22 bits per heavy atom.